The fraction of sp³-hybridized carbons (Fsp3) is 0.647. The predicted molar refractivity (Wildman–Crippen MR) is 87.4 cm³/mol. The van der Waals surface area contributed by atoms with E-state index in [4.69, 9.17) is 0 Å². The molecule has 1 unspecified atom stereocenters. The molecule has 0 aliphatic carbocycles. The van der Waals surface area contributed by atoms with Crippen molar-refractivity contribution in [2.75, 3.05) is 38.6 Å². The first-order valence-corrected chi connectivity index (χ1v) is 7.97. The Balaban J connectivity index is 2.18. The van der Waals surface area contributed by atoms with Crippen LogP contribution in [0.5, 0.6) is 0 Å². The van der Waals surface area contributed by atoms with E-state index in [-0.39, 0.29) is 11.9 Å². The van der Waals surface area contributed by atoms with Crippen molar-refractivity contribution in [2.24, 2.45) is 0 Å². The first-order valence-electron chi connectivity index (χ1n) is 7.97. The normalized spacial score (nSPS) is 18.3. The first-order chi connectivity index (χ1) is 10.0. The molecule has 1 heterocycles. The summed E-state index contributed by atoms with van der Waals surface area (Å²) in [5, 5.41) is 3.33. The zero-order chi connectivity index (χ0) is 15.4. The molecule has 21 heavy (non-hydrogen) atoms. The van der Waals surface area contributed by atoms with Crippen LogP contribution < -0.4 is 10.2 Å². The molecule has 0 bridgehead atoms. The lowest BCUT2D eigenvalue weighted by atomic mass is 9.99. The number of rotatable bonds is 5. The van der Waals surface area contributed by atoms with E-state index in [2.05, 4.69) is 42.2 Å². The molecule has 118 valence electrons. The van der Waals surface area contributed by atoms with Crippen LogP contribution >= 0.6 is 0 Å². The number of anilines is 1. The Labute approximate surface area is 128 Å². The van der Waals surface area contributed by atoms with Gasteiger partial charge in [-0.15, -0.1) is 0 Å². The molecule has 0 spiro atoms. The van der Waals surface area contributed by atoms with Gasteiger partial charge >= 0.3 is 0 Å². The number of nitrogens with one attached hydrogen (secondary N) is 1. The molecule has 1 aromatic rings. The molecule has 0 aromatic heterocycles. The van der Waals surface area contributed by atoms with Crippen molar-refractivity contribution in [2.45, 2.75) is 38.8 Å². The lowest BCUT2D eigenvalue weighted by molar-refractivity contribution is 0.249. The summed E-state index contributed by atoms with van der Waals surface area (Å²) in [5.74, 6) is -0.101. The summed E-state index contributed by atoms with van der Waals surface area (Å²) in [5.41, 5.74) is 1.86. The third-order valence-corrected chi connectivity index (χ3v) is 4.51. The van der Waals surface area contributed by atoms with Crippen molar-refractivity contribution in [3.05, 3.63) is 29.6 Å². The monoisotopic (exact) mass is 293 g/mol. The maximum absolute atomic E-state index is 14.3. The van der Waals surface area contributed by atoms with Crippen LogP contribution in [-0.2, 0) is 0 Å². The molecule has 2 rings (SSSR count). The molecule has 1 aliphatic heterocycles. The Hall–Kier alpha value is -1.13. The van der Waals surface area contributed by atoms with E-state index in [1.54, 1.807) is 6.07 Å². The number of halogens is 1. The largest absolute Gasteiger partial charge is 0.371 e. The molecule has 3 nitrogen and oxygen atoms in total. The second kappa shape index (κ2) is 7.23. The van der Waals surface area contributed by atoms with Crippen molar-refractivity contribution >= 4 is 5.69 Å². The van der Waals surface area contributed by atoms with Crippen molar-refractivity contribution in [3.8, 4) is 0 Å². The molecule has 4 heteroatoms. The Bertz CT molecular complexity index is 453. The fourth-order valence-corrected chi connectivity index (χ4v) is 3.26. The second-order valence-corrected chi connectivity index (χ2v) is 6.13. The van der Waals surface area contributed by atoms with E-state index >= 15 is 0 Å². The van der Waals surface area contributed by atoms with Gasteiger partial charge in [-0.1, -0.05) is 13.0 Å². The third kappa shape index (κ3) is 3.74. The highest BCUT2D eigenvalue weighted by Crippen LogP contribution is 2.31. The molecule has 1 saturated heterocycles. The van der Waals surface area contributed by atoms with Crippen molar-refractivity contribution < 1.29 is 4.39 Å². The van der Waals surface area contributed by atoms with Gasteiger partial charge in [-0.3, -0.25) is 0 Å². The standard InChI is InChI=1S/C17H28FN3/c1-5-19-13(2)17-15(18)7-6-8-16(17)21-11-9-14(10-12-21)20(3)4/h6-8,13-14,19H,5,9-12H2,1-4H3. The van der Waals surface area contributed by atoms with Gasteiger partial charge in [0.25, 0.3) is 0 Å². The van der Waals surface area contributed by atoms with Crippen LogP contribution in [0.2, 0.25) is 0 Å². The number of nitrogens with zero attached hydrogens (tertiary/aromatic N) is 2. The van der Waals surface area contributed by atoms with Crippen LogP contribution in [0.4, 0.5) is 10.1 Å². The number of piperidine rings is 1. The van der Waals surface area contributed by atoms with E-state index < -0.39 is 0 Å². The van der Waals surface area contributed by atoms with Crippen molar-refractivity contribution in [1.82, 2.24) is 10.2 Å². The molecule has 1 aromatic carbocycles. The quantitative estimate of drug-likeness (QED) is 0.900. The van der Waals surface area contributed by atoms with Gasteiger partial charge in [0.15, 0.2) is 0 Å². The van der Waals surface area contributed by atoms with E-state index in [1.807, 2.05) is 13.0 Å². The van der Waals surface area contributed by atoms with Gasteiger partial charge in [0, 0.05) is 36.4 Å². The van der Waals surface area contributed by atoms with Crippen LogP contribution in [0.1, 0.15) is 38.3 Å². The average molecular weight is 293 g/mol. The third-order valence-electron chi connectivity index (χ3n) is 4.51. The van der Waals surface area contributed by atoms with E-state index in [0.29, 0.717) is 6.04 Å². The van der Waals surface area contributed by atoms with Gasteiger partial charge < -0.3 is 15.1 Å². The molecule has 1 N–H and O–H groups in total. The lowest BCUT2D eigenvalue weighted by Crippen LogP contribution is -2.42. The number of benzene rings is 1. The maximum atomic E-state index is 14.3. The molecular formula is C17H28FN3. The minimum absolute atomic E-state index is 0.0396. The van der Waals surface area contributed by atoms with E-state index in [9.17, 15) is 4.39 Å². The molecule has 0 amide bonds. The highest BCUT2D eigenvalue weighted by molar-refractivity contribution is 5.56. The first kappa shape index (κ1) is 16.2. The van der Waals surface area contributed by atoms with Gasteiger partial charge in [0.2, 0.25) is 0 Å². The second-order valence-electron chi connectivity index (χ2n) is 6.13. The topological polar surface area (TPSA) is 18.5 Å². The highest BCUT2D eigenvalue weighted by atomic mass is 19.1. The zero-order valence-electron chi connectivity index (χ0n) is 13.7. The summed E-state index contributed by atoms with van der Waals surface area (Å²) < 4.78 is 14.3. The van der Waals surface area contributed by atoms with Crippen LogP contribution in [0.25, 0.3) is 0 Å². The smallest absolute Gasteiger partial charge is 0.130 e. The van der Waals surface area contributed by atoms with Crippen LogP contribution in [0.3, 0.4) is 0 Å². The van der Waals surface area contributed by atoms with Gasteiger partial charge in [-0.05, 0) is 52.5 Å². The SMILES string of the molecule is CCNC(C)c1c(F)cccc1N1CCC(N(C)C)CC1. The Morgan fingerprint density at radius 2 is 2.00 bits per heavy atom. The van der Waals surface area contributed by atoms with Gasteiger partial charge in [-0.2, -0.15) is 0 Å². The lowest BCUT2D eigenvalue weighted by Gasteiger charge is -2.38. The van der Waals surface area contributed by atoms with Crippen LogP contribution in [0, 0.1) is 5.82 Å². The van der Waals surface area contributed by atoms with Crippen LogP contribution in [0.15, 0.2) is 18.2 Å². The van der Waals surface area contributed by atoms with E-state index in [0.717, 1.165) is 43.7 Å². The minimum atomic E-state index is -0.101. The summed E-state index contributed by atoms with van der Waals surface area (Å²) in [7, 11) is 4.28. The van der Waals surface area contributed by atoms with Gasteiger partial charge in [0.1, 0.15) is 5.82 Å². The molecule has 1 fully saturated rings. The van der Waals surface area contributed by atoms with Crippen molar-refractivity contribution in [1.29, 1.82) is 0 Å². The van der Waals surface area contributed by atoms with Gasteiger partial charge in [-0.25, -0.2) is 4.39 Å². The van der Waals surface area contributed by atoms with Gasteiger partial charge in [0.05, 0.1) is 0 Å². The average Bonchev–Trinajstić information content (AvgIpc) is 2.47. The van der Waals surface area contributed by atoms with Crippen LogP contribution in [-0.4, -0.2) is 44.7 Å². The summed E-state index contributed by atoms with van der Waals surface area (Å²) in [6.45, 7) is 6.94. The number of hydrogen-bond donors (Lipinski definition) is 1. The summed E-state index contributed by atoms with van der Waals surface area (Å²) in [6.07, 6.45) is 2.27. The maximum Gasteiger partial charge on any atom is 0.130 e. The Morgan fingerprint density at radius 1 is 1.33 bits per heavy atom. The zero-order valence-corrected chi connectivity index (χ0v) is 13.7. The molecule has 1 aliphatic rings. The number of hydrogen-bond acceptors (Lipinski definition) is 3. The fourth-order valence-electron chi connectivity index (χ4n) is 3.26. The highest BCUT2D eigenvalue weighted by Gasteiger charge is 2.24. The van der Waals surface area contributed by atoms with E-state index in [1.165, 1.54) is 0 Å². The molecular weight excluding hydrogens is 265 g/mol. The molecule has 1 atom stereocenters. The Kier molecular flexibility index (Phi) is 5.59. The molecule has 0 radical (unpaired) electrons. The summed E-state index contributed by atoms with van der Waals surface area (Å²) in [4.78, 5) is 4.64. The minimum Gasteiger partial charge on any atom is -0.371 e. The Morgan fingerprint density at radius 3 is 2.57 bits per heavy atom. The van der Waals surface area contributed by atoms with Crippen molar-refractivity contribution in [3.63, 3.8) is 0 Å². The summed E-state index contributed by atoms with van der Waals surface area (Å²) >= 11 is 0. The predicted octanol–water partition coefficient (Wildman–Crippen LogP) is 3.03. The summed E-state index contributed by atoms with van der Waals surface area (Å²) in [6, 6.07) is 6.13. The molecule has 0 saturated carbocycles.